The van der Waals surface area contributed by atoms with Gasteiger partial charge >= 0.3 is 0 Å². The topological polar surface area (TPSA) is 31.0 Å². The minimum absolute atomic E-state index is 0.0374. The molecule has 2 saturated heterocycles. The van der Waals surface area contributed by atoms with Crippen molar-refractivity contribution in [3.05, 3.63) is 0 Å². The molecule has 0 spiro atoms. The van der Waals surface area contributed by atoms with Gasteiger partial charge in [-0.05, 0) is 24.7 Å². The van der Waals surface area contributed by atoms with E-state index in [0.29, 0.717) is 12.0 Å². The van der Waals surface area contributed by atoms with E-state index in [-0.39, 0.29) is 17.3 Å². The van der Waals surface area contributed by atoms with E-state index in [1.807, 2.05) is 0 Å². The predicted molar refractivity (Wildman–Crippen MR) is 55.5 cm³/mol. The second-order valence-electron chi connectivity index (χ2n) is 5.94. The van der Waals surface area contributed by atoms with E-state index in [1.165, 1.54) is 0 Å². The zero-order chi connectivity index (χ0) is 10.7. The molecule has 1 saturated carbocycles. The van der Waals surface area contributed by atoms with Crippen LogP contribution >= 0.6 is 0 Å². The van der Waals surface area contributed by atoms with E-state index >= 15 is 0 Å². The van der Waals surface area contributed by atoms with E-state index in [0.717, 1.165) is 26.1 Å². The standard InChI is InChI=1S/C12H20O3/c1-11(2)8(6-9-13-4-5-14-9)7-12(3)10(11)15-12/h8-10H,4-7H2,1-3H3/t8-,10-,12+/m0/s1. The highest BCUT2D eigenvalue weighted by atomic mass is 16.7. The van der Waals surface area contributed by atoms with E-state index in [2.05, 4.69) is 20.8 Å². The lowest BCUT2D eigenvalue weighted by atomic mass is 9.79. The lowest BCUT2D eigenvalue weighted by Gasteiger charge is -2.30. The fraction of sp³-hybridized carbons (Fsp3) is 1.00. The van der Waals surface area contributed by atoms with Crippen LogP contribution in [-0.2, 0) is 14.2 Å². The van der Waals surface area contributed by atoms with Crippen LogP contribution in [0.5, 0.6) is 0 Å². The Bertz CT molecular complexity index is 270. The first-order chi connectivity index (χ1) is 7.02. The van der Waals surface area contributed by atoms with Crippen molar-refractivity contribution < 1.29 is 14.2 Å². The molecule has 0 bridgehead atoms. The quantitative estimate of drug-likeness (QED) is 0.656. The van der Waals surface area contributed by atoms with Gasteiger partial charge in [-0.2, -0.15) is 0 Å². The van der Waals surface area contributed by atoms with E-state index < -0.39 is 0 Å². The van der Waals surface area contributed by atoms with Crippen LogP contribution < -0.4 is 0 Å². The summed E-state index contributed by atoms with van der Waals surface area (Å²) in [7, 11) is 0. The van der Waals surface area contributed by atoms with Crippen molar-refractivity contribution >= 4 is 0 Å². The summed E-state index contributed by atoms with van der Waals surface area (Å²) in [4.78, 5) is 0. The second-order valence-corrected chi connectivity index (χ2v) is 5.94. The monoisotopic (exact) mass is 212 g/mol. The Balaban J connectivity index is 1.67. The van der Waals surface area contributed by atoms with Crippen molar-refractivity contribution in [1.82, 2.24) is 0 Å². The highest BCUT2D eigenvalue weighted by molar-refractivity contribution is 5.16. The maximum atomic E-state index is 5.77. The van der Waals surface area contributed by atoms with E-state index in [9.17, 15) is 0 Å². The zero-order valence-corrected chi connectivity index (χ0v) is 9.79. The first-order valence-electron chi connectivity index (χ1n) is 5.93. The van der Waals surface area contributed by atoms with Gasteiger partial charge in [0.15, 0.2) is 6.29 Å². The van der Waals surface area contributed by atoms with Crippen molar-refractivity contribution in [3.8, 4) is 0 Å². The summed E-state index contributed by atoms with van der Waals surface area (Å²) in [5.41, 5.74) is 0.441. The summed E-state index contributed by atoms with van der Waals surface area (Å²) >= 11 is 0. The number of epoxide rings is 1. The predicted octanol–water partition coefficient (Wildman–Crippen LogP) is 1.95. The summed E-state index contributed by atoms with van der Waals surface area (Å²) in [6.07, 6.45) is 2.68. The van der Waals surface area contributed by atoms with Gasteiger partial charge in [0.1, 0.15) is 0 Å². The first-order valence-corrected chi connectivity index (χ1v) is 5.93. The summed E-state index contributed by atoms with van der Waals surface area (Å²) < 4.78 is 16.8. The van der Waals surface area contributed by atoms with Crippen LogP contribution in [0.4, 0.5) is 0 Å². The van der Waals surface area contributed by atoms with Crippen molar-refractivity contribution in [2.24, 2.45) is 11.3 Å². The average molecular weight is 212 g/mol. The lowest BCUT2D eigenvalue weighted by molar-refractivity contribution is -0.0720. The molecule has 0 aromatic carbocycles. The van der Waals surface area contributed by atoms with Crippen LogP contribution in [-0.4, -0.2) is 31.2 Å². The molecule has 0 unspecified atom stereocenters. The number of hydrogen-bond donors (Lipinski definition) is 0. The molecule has 15 heavy (non-hydrogen) atoms. The number of fused-ring (bicyclic) bond motifs is 1. The number of rotatable bonds is 2. The molecule has 3 aliphatic rings. The van der Waals surface area contributed by atoms with Gasteiger partial charge in [-0.3, -0.25) is 0 Å². The third-order valence-electron chi connectivity index (χ3n) is 4.43. The van der Waals surface area contributed by atoms with Crippen molar-refractivity contribution in [1.29, 1.82) is 0 Å². The normalized spacial score (nSPS) is 48.2. The average Bonchev–Trinajstić information content (AvgIpc) is 2.57. The van der Waals surface area contributed by atoms with Crippen LogP contribution in [0.25, 0.3) is 0 Å². The van der Waals surface area contributed by atoms with Crippen LogP contribution in [0.3, 0.4) is 0 Å². The summed E-state index contributed by atoms with van der Waals surface area (Å²) in [6.45, 7) is 8.38. The van der Waals surface area contributed by atoms with Gasteiger partial charge in [0.05, 0.1) is 24.9 Å². The minimum Gasteiger partial charge on any atom is -0.366 e. The van der Waals surface area contributed by atoms with E-state index in [4.69, 9.17) is 14.2 Å². The van der Waals surface area contributed by atoms with Gasteiger partial charge < -0.3 is 14.2 Å². The molecule has 0 amide bonds. The van der Waals surface area contributed by atoms with Crippen molar-refractivity contribution in [2.45, 2.75) is 51.6 Å². The fourth-order valence-corrected chi connectivity index (χ4v) is 3.46. The summed E-state index contributed by atoms with van der Waals surface area (Å²) in [6, 6.07) is 0. The molecular formula is C12H20O3. The van der Waals surface area contributed by atoms with Gasteiger partial charge in [-0.1, -0.05) is 13.8 Å². The van der Waals surface area contributed by atoms with Crippen molar-refractivity contribution in [3.63, 3.8) is 0 Å². The molecular weight excluding hydrogens is 192 g/mol. The first kappa shape index (κ1) is 10.1. The lowest BCUT2D eigenvalue weighted by Crippen LogP contribution is -2.28. The van der Waals surface area contributed by atoms with E-state index in [1.54, 1.807) is 0 Å². The van der Waals surface area contributed by atoms with Gasteiger partial charge in [0, 0.05) is 6.42 Å². The summed E-state index contributed by atoms with van der Waals surface area (Å²) in [5, 5.41) is 0. The Morgan fingerprint density at radius 2 is 1.80 bits per heavy atom. The molecule has 2 heterocycles. The molecule has 3 atom stereocenters. The second kappa shape index (κ2) is 2.96. The van der Waals surface area contributed by atoms with Gasteiger partial charge in [0.25, 0.3) is 0 Å². The van der Waals surface area contributed by atoms with Crippen molar-refractivity contribution in [2.75, 3.05) is 13.2 Å². The van der Waals surface area contributed by atoms with Gasteiger partial charge in [0.2, 0.25) is 0 Å². The Morgan fingerprint density at radius 1 is 1.13 bits per heavy atom. The Morgan fingerprint density at radius 3 is 2.33 bits per heavy atom. The molecule has 3 nitrogen and oxygen atoms in total. The molecule has 3 heteroatoms. The Kier molecular flexibility index (Phi) is 1.99. The van der Waals surface area contributed by atoms with Crippen LogP contribution in [0.15, 0.2) is 0 Å². The molecule has 86 valence electrons. The largest absolute Gasteiger partial charge is 0.366 e. The number of hydrogen-bond acceptors (Lipinski definition) is 3. The Hall–Kier alpha value is -0.120. The molecule has 0 N–H and O–H groups in total. The molecule has 2 aliphatic heterocycles. The smallest absolute Gasteiger partial charge is 0.158 e. The summed E-state index contributed by atoms with van der Waals surface area (Å²) in [5.74, 6) is 0.671. The van der Waals surface area contributed by atoms with Gasteiger partial charge in [-0.25, -0.2) is 0 Å². The molecule has 1 aliphatic carbocycles. The molecule has 0 aromatic heterocycles. The maximum Gasteiger partial charge on any atom is 0.158 e. The molecule has 0 radical (unpaired) electrons. The third kappa shape index (κ3) is 1.44. The SMILES string of the molecule is CC1(C)[C@@H](CC2OCCO2)C[C@@]2(C)O[C@@H]12. The van der Waals surface area contributed by atoms with Crippen LogP contribution in [0.1, 0.15) is 33.6 Å². The minimum atomic E-state index is 0.0374. The number of ether oxygens (including phenoxy) is 3. The zero-order valence-electron chi connectivity index (χ0n) is 9.79. The molecule has 3 fully saturated rings. The molecule has 0 aromatic rings. The third-order valence-corrected chi connectivity index (χ3v) is 4.43. The molecule has 3 rings (SSSR count). The fourth-order valence-electron chi connectivity index (χ4n) is 3.46. The highest BCUT2D eigenvalue weighted by Crippen LogP contribution is 2.63. The van der Waals surface area contributed by atoms with Crippen LogP contribution in [0.2, 0.25) is 0 Å². The van der Waals surface area contributed by atoms with Crippen LogP contribution in [0, 0.1) is 11.3 Å². The van der Waals surface area contributed by atoms with Gasteiger partial charge in [-0.15, -0.1) is 0 Å². The maximum absolute atomic E-state index is 5.77. The highest BCUT2D eigenvalue weighted by Gasteiger charge is 2.68. The Labute approximate surface area is 91.1 Å².